The van der Waals surface area contributed by atoms with E-state index in [0.717, 1.165) is 18.4 Å². The highest BCUT2D eigenvalue weighted by Gasteiger charge is 2.18. The molecular weight excluding hydrogens is 324 g/mol. The minimum absolute atomic E-state index is 0.0696. The molecule has 0 saturated carbocycles. The highest BCUT2D eigenvalue weighted by atomic mass is 32.2. The van der Waals surface area contributed by atoms with Gasteiger partial charge >= 0.3 is 6.03 Å². The van der Waals surface area contributed by atoms with Crippen molar-refractivity contribution in [2.45, 2.75) is 37.6 Å². The summed E-state index contributed by atoms with van der Waals surface area (Å²) < 4.78 is 26.3. The van der Waals surface area contributed by atoms with E-state index in [2.05, 4.69) is 5.32 Å². The van der Waals surface area contributed by atoms with Crippen molar-refractivity contribution in [1.82, 2.24) is 10.0 Å². The fraction of sp³-hybridized carbons (Fsp3) is 0.278. The SMILES string of the molecule is Cc1ccc(S(=O)(=O)NC(=O)N[C@H](C)CCc2ccccc2)cc1. The first kappa shape index (κ1) is 18.0. The molecule has 0 aliphatic heterocycles. The molecule has 0 unspecified atom stereocenters. The van der Waals surface area contributed by atoms with Crippen molar-refractivity contribution in [3.05, 3.63) is 65.7 Å². The Morgan fingerprint density at radius 2 is 1.67 bits per heavy atom. The second-order valence-electron chi connectivity index (χ2n) is 5.82. The van der Waals surface area contributed by atoms with Crippen LogP contribution in [0.25, 0.3) is 0 Å². The van der Waals surface area contributed by atoms with E-state index in [0.29, 0.717) is 0 Å². The number of hydrogen-bond acceptors (Lipinski definition) is 3. The highest BCUT2D eigenvalue weighted by molar-refractivity contribution is 7.90. The van der Waals surface area contributed by atoms with Crippen LogP contribution in [0.3, 0.4) is 0 Å². The summed E-state index contributed by atoms with van der Waals surface area (Å²) in [6.45, 7) is 3.71. The standard InChI is InChI=1S/C18H22N2O3S/c1-14-8-12-17(13-9-14)24(22,23)20-18(21)19-15(2)10-11-16-6-4-3-5-7-16/h3-9,12-13,15H,10-11H2,1-2H3,(H2,19,20,21)/t15-/m1/s1. The topological polar surface area (TPSA) is 75.3 Å². The van der Waals surface area contributed by atoms with Gasteiger partial charge in [0.25, 0.3) is 10.0 Å². The maximum Gasteiger partial charge on any atom is 0.328 e. The van der Waals surface area contributed by atoms with E-state index in [-0.39, 0.29) is 10.9 Å². The van der Waals surface area contributed by atoms with Crippen molar-refractivity contribution in [3.63, 3.8) is 0 Å². The molecule has 128 valence electrons. The molecule has 2 rings (SSSR count). The molecule has 0 spiro atoms. The fourth-order valence-corrected chi connectivity index (χ4v) is 3.17. The van der Waals surface area contributed by atoms with Crippen molar-refractivity contribution in [2.24, 2.45) is 0 Å². The van der Waals surface area contributed by atoms with E-state index < -0.39 is 16.1 Å². The summed E-state index contributed by atoms with van der Waals surface area (Å²) in [5, 5.41) is 2.66. The summed E-state index contributed by atoms with van der Waals surface area (Å²) in [7, 11) is -3.85. The third-order valence-corrected chi connectivity index (χ3v) is 4.99. The Morgan fingerprint density at radius 3 is 2.29 bits per heavy atom. The van der Waals surface area contributed by atoms with E-state index in [1.807, 2.05) is 48.9 Å². The Morgan fingerprint density at radius 1 is 1.04 bits per heavy atom. The number of hydrogen-bond donors (Lipinski definition) is 2. The van der Waals surface area contributed by atoms with Crippen molar-refractivity contribution in [3.8, 4) is 0 Å². The van der Waals surface area contributed by atoms with Crippen molar-refractivity contribution in [1.29, 1.82) is 0 Å². The second kappa shape index (κ2) is 7.97. The number of nitrogens with one attached hydrogen (secondary N) is 2. The predicted molar refractivity (Wildman–Crippen MR) is 94.3 cm³/mol. The van der Waals surface area contributed by atoms with E-state index >= 15 is 0 Å². The lowest BCUT2D eigenvalue weighted by atomic mass is 10.1. The van der Waals surface area contributed by atoms with Gasteiger partial charge in [0, 0.05) is 6.04 Å². The molecule has 5 nitrogen and oxygen atoms in total. The average Bonchev–Trinajstić information content (AvgIpc) is 2.53. The van der Waals surface area contributed by atoms with Crippen LogP contribution in [0, 0.1) is 6.92 Å². The summed E-state index contributed by atoms with van der Waals surface area (Å²) in [6, 6.07) is 15.4. The van der Waals surface area contributed by atoms with E-state index in [1.165, 1.54) is 17.7 Å². The molecule has 2 aromatic carbocycles. The molecule has 2 amide bonds. The van der Waals surface area contributed by atoms with Gasteiger partial charge in [-0.15, -0.1) is 0 Å². The molecule has 0 radical (unpaired) electrons. The van der Waals surface area contributed by atoms with E-state index in [9.17, 15) is 13.2 Å². The van der Waals surface area contributed by atoms with Crippen LogP contribution in [0.5, 0.6) is 0 Å². The summed E-state index contributed by atoms with van der Waals surface area (Å²) in [4.78, 5) is 12.0. The largest absolute Gasteiger partial charge is 0.335 e. The smallest absolute Gasteiger partial charge is 0.328 e. The van der Waals surface area contributed by atoms with Crippen LogP contribution in [0.4, 0.5) is 4.79 Å². The molecule has 0 bridgehead atoms. The number of sulfonamides is 1. The Balaban J connectivity index is 1.86. The number of aryl methyl sites for hydroxylation is 2. The van der Waals surface area contributed by atoms with E-state index in [1.54, 1.807) is 12.1 Å². The first-order valence-electron chi connectivity index (χ1n) is 7.81. The van der Waals surface area contributed by atoms with Gasteiger partial charge in [-0.05, 0) is 44.4 Å². The fourth-order valence-electron chi connectivity index (χ4n) is 2.25. The molecule has 2 aromatic rings. The molecule has 0 fully saturated rings. The first-order chi connectivity index (χ1) is 11.4. The van der Waals surface area contributed by atoms with Crippen molar-refractivity contribution >= 4 is 16.1 Å². The van der Waals surface area contributed by atoms with Crippen LogP contribution in [-0.4, -0.2) is 20.5 Å². The molecule has 0 aromatic heterocycles. The predicted octanol–water partition coefficient (Wildman–Crippen LogP) is 3.00. The molecule has 0 aliphatic carbocycles. The molecule has 0 saturated heterocycles. The van der Waals surface area contributed by atoms with Gasteiger partial charge in [0.2, 0.25) is 0 Å². The third-order valence-electron chi connectivity index (χ3n) is 3.64. The Hall–Kier alpha value is -2.34. The molecule has 24 heavy (non-hydrogen) atoms. The van der Waals surface area contributed by atoms with Gasteiger partial charge in [-0.1, -0.05) is 48.0 Å². The second-order valence-corrected chi connectivity index (χ2v) is 7.50. The number of amides is 2. The molecule has 0 heterocycles. The Kier molecular flexibility index (Phi) is 5.98. The third kappa shape index (κ3) is 5.38. The Bertz CT molecular complexity index is 772. The average molecular weight is 346 g/mol. The first-order valence-corrected chi connectivity index (χ1v) is 9.29. The summed E-state index contributed by atoms with van der Waals surface area (Å²) >= 11 is 0. The zero-order chi connectivity index (χ0) is 17.6. The van der Waals surface area contributed by atoms with Gasteiger partial charge in [0.1, 0.15) is 0 Å². The molecular formula is C18H22N2O3S. The number of carbonyl (C=O) groups is 1. The summed E-state index contributed by atoms with van der Waals surface area (Å²) in [6.07, 6.45) is 1.54. The lowest BCUT2D eigenvalue weighted by molar-refractivity contribution is 0.242. The number of rotatable bonds is 6. The van der Waals surface area contributed by atoms with Crippen LogP contribution in [0.1, 0.15) is 24.5 Å². The zero-order valence-corrected chi connectivity index (χ0v) is 14.6. The van der Waals surface area contributed by atoms with Gasteiger partial charge in [-0.25, -0.2) is 17.9 Å². The zero-order valence-electron chi connectivity index (χ0n) is 13.8. The number of urea groups is 1. The van der Waals surface area contributed by atoms with Gasteiger partial charge < -0.3 is 5.32 Å². The van der Waals surface area contributed by atoms with Crippen molar-refractivity contribution < 1.29 is 13.2 Å². The highest BCUT2D eigenvalue weighted by Crippen LogP contribution is 2.10. The number of carbonyl (C=O) groups excluding carboxylic acids is 1. The molecule has 0 aliphatic rings. The monoisotopic (exact) mass is 346 g/mol. The van der Waals surface area contributed by atoms with Crippen molar-refractivity contribution in [2.75, 3.05) is 0 Å². The van der Waals surface area contributed by atoms with Gasteiger partial charge in [0.15, 0.2) is 0 Å². The van der Waals surface area contributed by atoms with Gasteiger partial charge in [-0.2, -0.15) is 0 Å². The van der Waals surface area contributed by atoms with Crippen LogP contribution >= 0.6 is 0 Å². The number of benzene rings is 2. The minimum Gasteiger partial charge on any atom is -0.335 e. The molecule has 2 N–H and O–H groups in total. The quantitative estimate of drug-likeness (QED) is 0.844. The Labute approximate surface area is 143 Å². The molecule has 1 atom stereocenters. The summed E-state index contributed by atoms with van der Waals surface area (Å²) in [5.74, 6) is 0. The van der Waals surface area contributed by atoms with Crippen LogP contribution in [0.2, 0.25) is 0 Å². The van der Waals surface area contributed by atoms with Gasteiger partial charge in [0.05, 0.1) is 4.90 Å². The maximum atomic E-state index is 12.1. The summed E-state index contributed by atoms with van der Waals surface area (Å²) in [5.41, 5.74) is 2.13. The molecule has 6 heteroatoms. The maximum absolute atomic E-state index is 12.1. The lowest BCUT2D eigenvalue weighted by Crippen LogP contribution is -2.43. The van der Waals surface area contributed by atoms with Crippen LogP contribution in [0.15, 0.2) is 59.5 Å². The lowest BCUT2D eigenvalue weighted by Gasteiger charge is -2.15. The normalized spacial score (nSPS) is 12.4. The van der Waals surface area contributed by atoms with Crippen LogP contribution < -0.4 is 10.0 Å². The van der Waals surface area contributed by atoms with Gasteiger partial charge in [-0.3, -0.25) is 0 Å². The van der Waals surface area contributed by atoms with Crippen LogP contribution in [-0.2, 0) is 16.4 Å². The van der Waals surface area contributed by atoms with E-state index in [4.69, 9.17) is 0 Å². The minimum atomic E-state index is -3.85.